The largest absolute Gasteiger partial charge is 0.493 e. The normalized spacial score (nSPS) is 16.4. The van der Waals surface area contributed by atoms with E-state index < -0.39 is 42.0 Å². The summed E-state index contributed by atoms with van der Waals surface area (Å²) in [5.74, 6) is -4.30. The van der Waals surface area contributed by atoms with Crippen molar-refractivity contribution in [3.63, 3.8) is 0 Å². The minimum atomic E-state index is -5.31. The molecule has 1 atom stereocenters. The first-order chi connectivity index (χ1) is 13.5. The Labute approximate surface area is 168 Å². The van der Waals surface area contributed by atoms with Gasteiger partial charge in [-0.05, 0) is 23.8 Å². The molecule has 1 amide bonds. The van der Waals surface area contributed by atoms with Crippen molar-refractivity contribution in [3.8, 4) is 0 Å². The molecule has 0 radical (unpaired) electrons. The van der Waals surface area contributed by atoms with E-state index in [4.69, 9.17) is 0 Å². The lowest BCUT2D eigenvalue weighted by Gasteiger charge is -2.33. The topological polar surface area (TPSA) is 80.6 Å². The van der Waals surface area contributed by atoms with Crippen LogP contribution in [0.3, 0.4) is 0 Å². The first kappa shape index (κ1) is 20.8. The summed E-state index contributed by atoms with van der Waals surface area (Å²) in [7, 11) is 1.34. The molecule has 154 valence electrons. The summed E-state index contributed by atoms with van der Waals surface area (Å²) in [6.07, 6.45) is -4.20. The fraction of sp³-hybridized carbons (Fsp3) is 0.235. The van der Waals surface area contributed by atoms with Crippen molar-refractivity contribution in [1.29, 1.82) is 0 Å². The van der Waals surface area contributed by atoms with Crippen LogP contribution in [0.2, 0.25) is 0 Å². The smallest absolute Gasteiger partial charge is 0.374 e. The second kappa shape index (κ2) is 7.50. The van der Waals surface area contributed by atoms with Gasteiger partial charge in [0.15, 0.2) is 0 Å². The first-order valence-corrected chi connectivity index (χ1v) is 8.80. The highest BCUT2D eigenvalue weighted by Gasteiger charge is 2.45. The van der Waals surface area contributed by atoms with Crippen LogP contribution in [-0.2, 0) is 16.7 Å². The van der Waals surface area contributed by atoms with E-state index >= 15 is 0 Å². The van der Waals surface area contributed by atoms with Gasteiger partial charge in [-0.1, -0.05) is 15.9 Å². The van der Waals surface area contributed by atoms with E-state index in [1.165, 1.54) is 19.2 Å². The molecule has 0 saturated carbocycles. The van der Waals surface area contributed by atoms with Gasteiger partial charge in [-0.15, -0.1) is 0 Å². The number of amides is 1. The summed E-state index contributed by atoms with van der Waals surface area (Å²) in [6.45, 7) is -0.573. The number of fused-ring (bicyclic) bond motifs is 1. The van der Waals surface area contributed by atoms with Gasteiger partial charge < -0.3 is 14.7 Å². The Kier molecular flexibility index (Phi) is 5.39. The summed E-state index contributed by atoms with van der Waals surface area (Å²) in [4.78, 5) is 39.9. The van der Waals surface area contributed by atoms with E-state index in [9.17, 15) is 31.9 Å². The maximum Gasteiger partial charge on any atom is 0.493 e. The van der Waals surface area contributed by atoms with Crippen molar-refractivity contribution in [2.45, 2.75) is 12.2 Å². The number of nitrogens with zero attached hydrogens (tertiary/aromatic N) is 2. The third-order valence-corrected chi connectivity index (χ3v) is 4.62. The molecule has 1 aromatic heterocycles. The fourth-order valence-electron chi connectivity index (χ4n) is 2.74. The lowest BCUT2D eigenvalue weighted by Crippen LogP contribution is -2.46. The molecule has 0 fully saturated rings. The van der Waals surface area contributed by atoms with Crippen LogP contribution in [0.25, 0.3) is 0 Å². The molecular formula is C17H12BrF4N3O4. The number of pyridine rings is 1. The lowest BCUT2D eigenvalue weighted by molar-refractivity contribution is -0.229. The van der Waals surface area contributed by atoms with Crippen molar-refractivity contribution in [3.05, 3.63) is 62.2 Å². The molecule has 0 spiro atoms. The van der Waals surface area contributed by atoms with Gasteiger partial charge in [0.1, 0.15) is 5.82 Å². The molecule has 1 aromatic carbocycles. The third kappa shape index (κ3) is 4.26. The van der Waals surface area contributed by atoms with Crippen LogP contribution in [0.4, 0.5) is 23.2 Å². The number of carbonyl (C=O) groups excluding carboxylic acids is 2. The summed E-state index contributed by atoms with van der Waals surface area (Å²) in [5.41, 5.74) is -0.537. The number of halogens is 5. The number of carbonyl (C=O) groups is 2. The van der Waals surface area contributed by atoms with Crippen molar-refractivity contribution >= 4 is 33.5 Å². The van der Waals surface area contributed by atoms with Crippen LogP contribution >= 0.6 is 15.9 Å². The molecule has 2 aromatic rings. The molecule has 1 aliphatic heterocycles. The van der Waals surface area contributed by atoms with E-state index in [1.807, 2.05) is 0 Å². The molecule has 7 nitrogen and oxygen atoms in total. The zero-order valence-corrected chi connectivity index (χ0v) is 16.2. The molecule has 1 aliphatic rings. The van der Waals surface area contributed by atoms with Crippen molar-refractivity contribution in [2.24, 2.45) is 7.05 Å². The minimum absolute atomic E-state index is 0.0266. The van der Waals surface area contributed by atoms with Gasteiger partial charge in [0, 0.05) is 23.8 Å². The second-order valence-electron chi connectivity index (χ2n) is 6.16. The summed E-state index contributed by atoms with van der Waals surface area (Å²) >= 11 is 3.10. The van der Waals surface area contributed by atoms with E-state index in [2.05, 4.69) is 26.1 Å². The highest BCUT2D eigenvalue weighted by Crippen LogP contribution is 2.31. The maximum atomic E-state index is 14.2. The second-order valence-corrected chi connectivity index (χ2v) is 7.07. The van der Waals surface area contributed by atoms with Crippen LogP contribution in [0.5, 0.6) is 0 Å². The number of benzene rings is 1. The molecule has 2 heterocycles. The molecule has 0 bridgehead atoms. The van der Waals surface area contributed by atoms with Gasteiger partial charge in [0.25, 0.3) is 11.5 Å². The van der Waals surface area contributed by atoms with Gasteiger partial charge in [-0.3, -0.25) is 9.59 Å². The zero-order valence-electron chi connectivity index (χ0n) is 14.6. The molecule has 0 saturated heterocycles. The van der Waals surface area contributed by atoms with Gasteiger partial charge >= 0.3 is 12.1 Å². The van der Waals surface area contributed by atoms with Gasteiger partial charge in [-0.2, -0.15) is 18.2 Å². The highest BCUT2D eigenvalue weighted by molar-refractivity contribution is 9.10. The number of anilines is 1. The van der Waals surface area contributed by atoms with E-state index in [0.29, 0.717) is 4.47 Å². The quantitative estimate of drug-likeness (QED) is 0.687. The van der Waals surface area contributed by atoms with Crippen LogP contribution in [0.15, 0.2) is 39.7 Å². The molecule has 1 unspecified atom stereocenters. The van der Waals surface area contributed by atoms with Crippen LogP contribution in [-0.4, -0.2) is 34.2 Å². The monoisotopic (exact) mass is 477 g/mol. The SMILES string of the molecule is Cn1cc2c(cc1=O)C(Nc1ccc(Br)cc1F)CN(OC(=O)C(F)(F)F)C2=O. The number of hydrogen-bond donors (Lipinski definition) is 1. The summed E-state index contributed by atoms with van der Waals surface area (Å²) in [6, 6.07) is 4.13. The minimum Gasteiger partial charge on any atom is -0.374 e. The van der Waals surface area contributed by atoms with Gasteiger partial charge in [0.05, 0.1) is 23.8 Å². The Morgan fingerprint density at radius 3 is 2.59 bits per heavy atom. The Hall–Kier alpha value is -2.89. The van der Waals surface area contributed by atoms with E-state index in [1.54, 1.807) is 0 Å². The number of hydroxylamine groups is 2. The highest BCUT2D eigenvalue weighted by atomic mass is 79.9. The maximum absolute atomic E-state index is 14.2. The van der Waals surface area contributed by atoms with Gasteiger partial charge in [0.2, 0.25) is 0 Å². The fourth-order valence-corrected chi connectivity index (χ4v) is 3.07. The zero-order chi connectivity index (χ0) is 21.5. The molecule has 12 heteroatoms. The predicted octanol–water partition coefficient (Wildman–Crippen LogP) is 2.92. The number of nitrogens with one attached hydrogen (secondary N) is 1. The summed E-state index contributed by atoms with van der Waals surface area (Å²) < 4.78 is 53.3. The Morgan fingerprint density at radius 2 is 1.97 bits per heavy atom. The first-order valence-electron chi connectivity index (χ1n) is 8.00. The summed E-state index contributed by atoms with van der Waals surface area (Å²) in [5, 5.41) is 2.96. The van der Waals surface area contributed by atoms with Crippen molar-refractivity contribution < 1.29 is 32.0 Å². The van der Waals surface area contributed by atoms with E-state index in [0.717, 1.165) is 22.9 Å². The van der Waals surface area contributed by atoms with Gasteiger partial charge in [-0.25, -0.2) is 9.18 Å². The Bertz CT molecular complexity index is 1050. The van der Waals surface area contributed by atoms with Crippen LogP contribution in [0.1, 0.15) is 22.0 Å². The lowest BCUT2D eigenvalue weighted by atomic mass is 9.97. The number of aryl methyl sites for hydroxylation is 1. The van der Waals surface area contributed by atoms with Crippen molar-refractivity contribution in [2.75, 3.05) is 11.9 Å². The average Bonchev–Trinajstić information content (AvgIpc) is 2.62. The Balaban J connectivity index is 2.01. The number of rotatable bonds is 3. The van der Waals surface area contributed by atoms with Crippen LogP contribution in [0, 0.1) is 5.82 Å². The number of alkyl halides is 3. The average molecular weight is 478 g/mol. The number of aromatic nitrogens is 1. The Morgan fingerprint density at radius 1 is 1.28 bits per heavy atom. The molecule has 0 aliphatic carbocycles. The molecular weight excluding hydrogens is 466 g/mol. The predicted molar refractivity (Wildman–Crippen MR) is 95.3 cm³/mol. The molecule has 29 heavy (non-hydrogen) atoms. The van der Waals surface area contributed by atoms with Crippen molar-refractivity contribution in [1.82, 2.24) is 9.63 Å². The molecule has 1 N–H and O–H groups in total. The molecule has 3 rings (SSSR count). The third-order valence-electron chi connectivity index (χ3n) is 4.13. The van der Waals surface area contributed by atoms with Crippen LogP contribution < -0.4 is 10.9 Å². The van der Waals surface area contributed by atoms with E-state index in [-0.39, 0.29) is 21.9 Å². The standard InChI is InChI=1S/C17H12BrF4N3O4/c1-24-6-10-9(5-14(24)26)13(23-12-3-2-8(18)4-11(12)19)7-25(15(10)27)29-16(28)17(20,21)22/h2-6,13,23H,7H2,1H3. The number of hydrogen-bond acceptors (Lipinski definition) is 5.